The Morgan fingerprint density at radius 2 is 2.14 bits per heavy atom. The SMILES string of the molecule is COc1cccc(C=C2SC(=S)N(CC(=O)[O-])C2=O)c1OC. The van der Waals surface area contributed by atoms with Crippen LogP contribution in [0.1, 0.15) is 5.56 Å². The van der Waals surface area contributed by atoms with Gasteiger partial charge in [0.2, 0.25) is 0 Å². The zero-order chi connectivity index (χ0) is 16.3. The number of methoxy groups -OCH3 is 2. The van der Waals surface area contributed by atoms with Crippen molar-refractivity contribution < 1.29 is 24.2 Å². The van der Waals surface area contributed by atoms with E-state index >= 15 is 0 Å². The molecule has 0 aliphatic carbocycles. The number of carbonyl (C=O) groups excluding carboxylic acids is 2. The number of nitrogens with zero attached hydrogens (tertiary/aromatic N) is 1. The number of carbonyl (C=O) groups is 2. The van der Waals surface area contributed by atoms with E-state index in [1.54, 1.807) is 24.3 Å². The van der Waals surface area contributed by atoms with Crippen LogP contribution in [0.2, 0.25) is 0 Å². The fourth-order valence-corrected chi connectivity index (χ4v) is 3.18. The third kappa shape index (κ3) is 3.23. The molecule has 0 bridgehead atoms. The molecule has 1 fully saturated rings. The molecule has 116 valence electrons. The molecule has 1 aliphatic heterocycles. The Morgan fingerprint density at radius 3 is 2.73 bits per heavy atom. The molecule has 0 atom stereocenters. The van der Waals surface area contributed by atoms with E-state index in [9.17, 15) is 14.7 Å². The van der Waals surface area contributed by atoms with Crippen molar-refractivity contribution in [3.05, 3.63) is 28.7 Å². The van der Waals surface area contributed by atoms with Crippen LogP contribution in [0.4, 0.5) is 0 Å². The monoisotopic (exact) mass is 338 g/mol. The van der Waals surface area contributed by atoms with Gasteiger partial charge in [0.25, 0.3) is 5.91 Å². The van der Waals surface area contributed by atoms with Gasteiger partial charge in [-0.25, -0.2) is 0 Å². The lowest BCUT2D eigenvalue weighted by Gasteiger charge is -2.14. The van der Waals surface area contributed by atoms with Crippen LogP contribution >= 0.6 is 24.0 Å². The maximum absolute atomic E-state index is 12.2. The van der Waals surface area contributed by atoms with Gasteiger partial charge in [-0.15, -0.1) is 0 Å². The average Bonchev–Trinajstić information content (AvgIpc) is 2.74. The van der Waals surface area contributed by atoms with Gasteiger partial charge in [0, 0.05) is 5.56 Å². The minimum absolute atomic E-state index is 0.183. The number of rotatable bonds is 5. The summed E-state index contributed by atoms with van der Waals surface area (Å²) >= 11 is 6.05. The Labute approximate surface area is 136 Å². The van der Waals surface area contributed by atoms with Gasteiger partial charge < -0.3 is 19.4 Å². The molecule has 0 radical (unpaired) electrons. The normalized spacial score (nSPS) is 16.3. The summed E-state index contributed by atoms with van der Waals surface area (Å²) in [7, 11) is 3.01. The largest absolute Gasteiger partial charge is 0.548 e. The first-order valence-electron chi connectivity index (χ1n) is 6.14. The number of ether oxygens (including phenoxy) is 2. The van der Waals surface area contributed by atoms with Crippen LogP contribution in [0.15, 0.2) is 23.1 Å². The number of carboxylic acid groups (broad SMARTS) is 1. The number of para-hydroxylation sites is 1. The molecule has 0 spiro atoms. The molecule has 1 aliphatic rings. The number of hydrogen-bond acceptors (Lipinski definition) is 7. The number of thioether (sulfide) groups is 1. The Kier molecular flexibility index (Phi) is 5.04. The molecule has 0 aromatic heterocycles. The Morgan fingerprint density at radius 1 is 1.41 bits per heavy atom. The van der Waals surface area contributed by atoms with E-state index in [4.69, 9.17) is 21.7 Å². The number of aliphatic carboxylic acids is 1. The summed E-state index contributed by atoms with van der Waals surface area (Å²) in [4.78, 5) is 24.2. The van der Waals surface area contributed by atoms with Crippen LogP contribution in [0, 0.1) is 0 Å². The van der Waals surface area contributed by atoms with Crippen LogP contribution in [-0.2, 0) is 9.59 Å². The van der Waals surface area contributed by atoms with Gasteiger partial charge >= 0.3 is 0 Å². The predicted molar refractivity (Wildman–Crippen MR) is 84.4 cm³/mol. The van der Waals surface area contributed by atoms with Crippen molar-refractivity contribution in [2.75, 3.05) is 20.8 Å². The van der Waals surface area contributed by atoms with Crippen LogP contribution in [0.5, 0.6) is 11.5 Å². The minimum atomic E-state index is -1.36. The number of carboxylic acids is 1. The number of amides is 1. The van der Waals surface area contributed by atoms with Crippen molar-refractivity contribution in [1.29, 1.82) is 0 Å². The highest BCUT2D eigenvalue weighted by atomic mass is 32.2. The molecule has 1 heterocycles. The fourth-order valence-electron chi connectivity index (χ4n) is 1.93. The van der Waals surface area contributed by atoms with E-state index < -0.39 is 18.4 Å². The summed E-state index contributed by atoms with van der Waals surface area (Å²) in [6.45, 7) is -0.558. The average molecular weight is 338 g/mol. The van der Waals surface area contributed by atoms with Crippen molar-refractivity contribution in [3.8, 4) is 11.5 Å². The fraction of sp³-hybridized carbons (Fsp3) is 0.214. The van der Waals surface area contributed by atoms with Gasteiger partial charge in [-0.1, -0.05) is 36.1 Å². The van der Waals surface area contributed by atoms with Crippen LogP contribution in [-0.4, -0.2) is 41.9 Å². The maximum Gasteiger partial charge on any atom is 0.266 e. The molecule has 2 rings (SSSR count). The molecular weight excluding hydrogens is 326 g/mol. The molecule has 22 heavy (non-hydrogen) atoms. The van der Waals surface area contributed by atoms with Crippen molar-refractivity contribution >= 4 is 46.3 Å². The van der Waals surface area contributed by atoms with Crippen molar-refractivity contribution in [2.45, 2.75) is 0 Å². The van der Waals surface area contributed by atoms with Gasteiger partial charge in [0.15, 0.2) is 11.5 Å². The van der Waals surface area contributed by atoms with Crippen LogP contribution in [0.3, 0.4) is 0 Å². The second kappa shape index (κ2) is 6.80. The van der Waals surface area contributed by atoms with E-state index in [2.05, 4.69) is 0 Å². The summed E-state index contributed by atoms with van der Waals surface area (Å²) in [5.74, 6) is -0.822. The van der Waals surface area contributed by atoms with Crippen LogP contribution < -0.4 is 14.6 Å². The molecule has 1 saturated heterocycles. The van der Waals surface area contributed by atoms with Crippen molar-refractivity contribution in [2.24, 2.45) is 0 Å². The van der Waals surface area contributed by atoms with Gasteiger partial charge in [0.1, 0.15) is 4.32 Å². The summed E-state index contributed by atoms with van der Waals surface area (Å²) in [5, 5.41) is 10.7. The molecule has 8 heteroatoms. The predicted octanol–water partition coefficient (Wildman–Crippen LogP) is 0.655. The lowest BCUT2D eigenvalue weighted by atomic mass is 10.1. The number of thiocarbonyl (C=S) groups is 1. The van der Waals surface area contributed by atoms with E-state index in [1.807, 2.05) is 0 Å². The maximum atomic E-state index is 12.2. The van der Waals surface area contributed by atoms with Crippen molar-refractivity contribution in [1.82, 2.24) is 4.90 Å². The third-order valence-corrected chi connectivity index (χ3v) is 4.26. The molecule has 0 saturated carbocycles. The molecule has 0 N–H and O–H groups in total. The molecule has 1 amide bonds. The van der Waals surface area contributed by atoms with Gasteiger partial charge in [-0.05, 0) is 12.1 Å². The molecule has 0 unspecified atom stereocenters. The smallest absolute Gasteiger partial charge is 0.266 e. The second-order valence-electron chi connectivity index (χ2n) is 4.22. The summed E-state index contributed by atoms with van der Waals surface area (Å²) in [6.07, 6.45) is 1.59. The molecule has 6 nitrogen and oxygen atoms in total. The summed E-state index contributed by atoms with van der Waals surface area (Å²) in [5.41, 5.74) is 0.635. The highest BCUT2D eigenvalue weighted by molar-refractivity contribution is 8.26. The summed E-state index contributed by atoms with van der Waals surface area (Å²) in [6, 6.07) is 5.25. The highest BCUT2D eigenvalue weighted by Gasteiger charge is 2.32. The Hall–Kier alpha value is -2.06. The summed E-state index contributed by atoms with van der Waals surface area (Å²) < 4.78 is 10.7. The first kappa shape index (κ1) is 16.3. The van der Waals surface area contributed by atoms with Gasteiger partial charge in [-0.2, -0.15) is 0 Å². The molecule has 1 aromatic rings. The number of benzene rings is 1. The molecular formula is C14H12NO5S2-. The lowest BCUT2D eigenvalue weighted by Crippen LogP contribution is -2.40. The number of hydrogen-bond donors (Lipinski definition) is 0. The minimum Gasteiger partial charge on any atom is -0.548 e. The Balaban J connectivity index is 2.37. The van der Waals surface area contributed by atoms with Crippen molar-refractivity contribution in [3.63, 3.8) is 0 Å². The Bertz CT molecular complexity index is 671. The van der Waals surface area contributed by atoms with Gasteiger partial charge in [-0.3, -0.25) is 9.69 Å². The van der Waals surface area contributed by atoms with E-state index in [0.717, 1.165) is 16.7 Å². The van der Waals surface area contributed by atoms with Gasteiger partial charge in [0.05, 0.1) is 31.6 Å². The first-order valence-corrected chi connectivity index (χ1v) is 7.36. The third-order valence-electron chi connectivity index (χ3n) is 2.88. The highest BCUT2D eigenvalue weighted by Crippen LogP contribution is 2.37. The van der Waals surface area contributed by atoms with E-state index in [1.165, 1.54) is 14.2 Å². The first-order chi connectivity index (χ1) is 10.5. The standard InChI is InChI=1S/C14H13NO5S2/c1-19-9-5-3-4-8(12(9)20-2)6-10-13(18)15(7-11(16)17)14(21)22-10/h3-6H,7H2,1-2H3,(H,16,17)/p-1. The molecule has 1 aromatic carbocycles. The quantitative estimate of drug-likeness (QED) is 0.576. The van der Waals surface area contributed by atoms with E-state index in [0.29, 0.717) is 22.0 Å². The second-order valence-corrected chi connectivity index (χ2v) is 5.90. The lowest BCUT2D eigenvalue weighted by molar-refractivity contribution is -0.305. The topological polar surface area (TPSA) is 78.9 Å². The van der Waals surface area contributed by atoms with E-state index in [-0.39, 0.29) is 4.32 Å². The zero-order valence-corrected chi connectivity index (χ0v) is 13.5. The van der Waals surface area contributed by atoms with Crippen LogP contribution in [0.25, 0.3) is 6.08 Å². The zero-order valence-electron chi connectivity index (χ0n) is 11.8.